The number of hydrogen-bond acceptors (Lipinski definition) is 3. The number of benzene rings is 1. The number of ether oxygens (including phenoxy) is 1. The van der Waals surface area contributed by atoms with Crippen LogP contribution < -0.4 is 0 Å². The molecule has 1 aromatic rings. The summed E-state index contributed by atoms with van der Waals surface area (Å²) in [6.07, 6.45) is 0. The van der Waals surface area contributed by atoms with Crippen LogP contribution in [0, 0.1) is 25.7 Å². The molecule has 0 saturated heterocycles. The van der Waals surface area contributed by atoms with Crippen LogP contribution in [0.1, 0.15) is 23.6 Å². The molecular formula is C13H14O3. The zero-order valence-electron chi connectivity index (χ0n) is 9.63. The molecule has 0 aliphatic heterocycles. The molecular weight excluding hydrogens is 204 g/mol. The summed E-state index contributed by atoms with van der Waals surface area (Å²) in [7, 11) is 0. The molecule has 0 aliphatic carbocycles. The second kappa shape index (κ2) is 5.22. The second-order valence-electron chi connectivity index (χ2n) is 3.43. The first-order valence-corrected chi connectivity index (χ1v) is 5.03. The van der Waals surface area contributed by atoms with E-state index in [2.05, 4.69) is 11.8 Å². The van der Waals surface area contributed by atoms with Gasteiger partial charge < -0.3 is 9.84 Å². The molecule has 0 fully saturated rings. The molecule has 84 valence electrons. The van der Waals surface area contributed by atoms with Crippen LogP contribution in [0.4, 0.5) is 0 Å². The van der Waals surface area contributed by atoms with Crippen LogP contribution in [0.2, 0.25) is 0 Å². The molecule has 1 aromatic carbocycles. The van der Waals surface area contributed by atoms with Crippen LogP contribution in [0.3, 0.4) is 0 Å². The van der Waals surface area contributed by atoms with E-state index in [-0.39, 0.29) is 5.75 Å². The minimum absolute atomic E-state index is 0.205. The predicted octanol–water partition coefficient (Wildman–Crippen LogP) is 1.92. The summed E-state index contributed by atoms with van der Waals surface area (Å²) in [5.74, 6) is 4.84. The highest BCUT2D eigenvalue weighted by Crippen LogP contribution is 2.19. The third-order valence-electron chi connectivity index (χ3n) is 2.08. The number of carbonyl (C=O) groups is 1. The molecule has 1 N–H and O–H groups in total. The van der Waals surface area contributed by atoms with Gasteiger partial charge in [-0.15, -0.1) is 0 Å². The normalized spacial score (nSPS) is 9.19. The highest BCUT2D eigenvalue weighted by Gasteiger charge is 2.02. The largest absolute Gasteiger partial charge is 0.508 e. The Morgan fingerprint density at radius 1 is 1.38 bits per heavy atom. The zero-order valence-corrected chi connectivity index (χ0v) is 9.63. The molecule has 3 heteroatoms. The Morgan fingerprint density at radius 2 is 1.94 bits per heavy atom. The Morgan fingerprint density at radius 3 is 2.44 bits per heavy atom. The van der Waals surface area contributed by atoms with Gasteiger partial charge in [0.25, 0.3) is 0 Å². The number of phenols is 1. The molecule has 0 saturated carbocycles. The Bertz CT molecular complexity index is 441. The highest BCUT2D eigenvalue weighted by atomic mass is 16.5. The maximum atomic E-state index is 11.1. The van der Waals surface area contributed by atoms with Crippen molar-refractivity contribution in [3.8, 4) is 17.6 Å². The minimum atomic E-state index is -0.533. The topological polar surface area (TPSA) is 46.5 Å². The van der Waals surface area contributed by atoms with E-state index in [1.165, 1.54) is 0 Å². The first-order chi connectivity index (χ1) is 7.54. The molecule has 0 atom stereocenters. The van der Waals surface area contributed by atoms with E-state index in [9.17, 15) is 9.90 Å². The number of hydrogen-bond donors (Lipinski definition) is 1. The number of carbonyl (C=O) groups excluding carboxylic acids is 1. The smallest absolute Gasteiger partial charge is 0.384 e. The lowest BCUT2D eigenvalue weighted by atomic mass is 10.0. The maximum absolute atomic E-state index is 11.1. The van der Waals surface area contributed by atoms with Crippen LogP contribution in [-0.2, 0) is 9.53 Å². The SMILES string of the molecule is CCOC(=O)C#Cc1c(C)cc(O)cc1C. The lowest BCUT2D eigenvalue weighted by molar-refractivity contribution is -0.136. The van der Waals surface area contributed by atoms with E-state index in [0.29, 0.717) is 6.61 Å². The lowest BCUT2D eigenvalue weighted by Crippen LogP contribution is -2.00. The molecule has 3 nitrogen and oxygen atoms in total. The molecule has 0 aromatic heterocycles. The van der Waals surface area contributed by atoms with Gasteiger partial charge in [0, 0.05) is 11.5 Å². The van der Waals surface area contributed by atoms with E-state index >= 15 is 0 Å². The average molecular weight is 218 g/mol. The van der Waals surface area contributed by atoms with Crippen molar-refractivity contribution in [2.45, 2.75) is 20.8 Å². The van der Waals surface area contributed by atoms with Crippen molar-refractivity contribution >= 4 is 5.97 Å². The van der Waals surface area contributed by atoms with Crippen molar-refractivity contribution < 1.29 is 14.6 Å². The Balaban J connectivity index is 3.01. The van der Waals surface area contributed by atoms with Gasteiger partial charge in [0.15, 0.2) is 0 Å². The van der Waals surface area contributed by atoms with Crippen LogP contribution in [0.5, 0.6) is 5.75 Å². The molecule has 16 heavy (non-hydrogen) atoms. The van der Waals surface area contributed by atoms with Crippen molar-refractivity contribution in [3.63, 3.8) is 0 Å². The fourth-order valence-electron chi connectivity index (χ4n) is 1.42. The van der Waals surface area contributed by atoms with E-state index in [4.69, 9.17) is 4.74 Å². The Labute approximate surface area is 95.1 Å². The van der Waals surface area contributed by atoms with Crippen molar-refractivity contribution in [3.05, 3.63) is 28.8 Å². The van der Waals surface area contributed by atoms with Crippen LogP contribution >= 0.6 is 0 Å². The maximum Gasteiger partial charge on any atom is 0.384 e. The van der Waals surface area contributed by atoms with Crippen molar-refractivity contribution in [1.29, 1.82) is 0 Å². The van der Waals surface area contributed by atoms with Crippen molar-refractivity contribution in [2.75, 3.05) is 6.61 Å². The predicted molar refractivity (Wildman–Crippen MR) is 61.1 cm³/mol. The number of aryl methyl sites for hydroxylation is 2. The molecule has 1 rings (SSSR count). The van der Waals surface area contributed by atoms with Gasteiger partial charge in [-0.2, -0.15) is 0 Å². The van der Waals surface area contributed by atoms with Crippen molar-refractivity contribution in [2.24, 2.45) is 0 Å². The van der Waals surface area contributed by atoms with E-state index in [1.807, 2.05) is 13.8 Å². The molecule has 0 spiro atoms. The summed E-state index contributed by atoms with van der Waals surface area (Å²) >= 11 is 0. The van der Waals surface area contributed by atoms with Gasteiger partial charge in [0.1, 0.15) is 5.75 Å². The van der Waals surface area contributed by atoms with Gasteiger partial charge in [-0.1, -0.05) is 5.92 Å². The fourth-order valence-corrected chi connectivity index (χ4v) is 1.42. The van der Waals surface area contributed by atoms with Gasteiger partial charge in [0.2, 0.25) is 0 Å². The van der Waals surface area contributed by atoms with Gasteiger partial charge in [-0.3, -0.25) is 0 Å². The Hall–Kier alpha value is -1.95. The van der Waals surface area contributed by atoms with Crippen molar-refractivity contribution in [1.82, 2.24) is 0 Å². The summed E-state index contributed by atoms with van der Waals surface area (Å²) in [5, 5.41) is 9.34. The minimum Gasteiger partial charge on any atom is -0.508 e. The van der Waals surface area contributed by atoms with Crippen LogP contribution in [0.25, 0.3) is 0 Å². The number of esters is 1. The van der Waals surface area contributed by atoms with E-state index in [1.54, 1.807) is 19.1 Å². The molecule has 0 radical (unpaired) electrons. The summed E-state index contributed by atoms with van der Waals surface area (Å²) in [4.78, 5) is 11.1. The summed E-state index contributed by atoms with van der Waals surface area (Å²) in [5.41, 5.74) is 2.44. The van der Waals surface area contributed by atoms with E-state index < -0.39 is 5.97 Å². The number of aromatic hydroxyl groups is 1. The van der Waals surface area contributed by atoms with Gasteiger partial charge in [0.05, 0.1) is 6.61 Å². The number of phenolic OH excluding ortho intramolecular Hbond substituents is 1. The quantitative estimate of drug-likeness (QED) is 0.578. The third kappa shape index (κ3) is 3.03. The zero-order chi connectivity index (χ0) is 12.1. The summed E-state index contributed by atoms with van der Waals surface area (Å²) in [6.45, 7) is 5.72. The van der Waals surface area contributed by atoms with Gasteiger partial charge in [-0.25, -0.2) is 4.79 Å². The second-order valence-corrected chi connectivity index (χ2v) is 3.43. The summed E-state index contributed by atoms with van der Waals surface area (Å²) < 4.78 is 4.71. The standard InChI is InChI=1S/C13H14O3/c1-4-16-13(15)6-5-12-9(2)7-11(14)8-10(12)3/h7-8,14H,4H2,1-3H3. The number of rotatable bonds is 1. The third-order valence-corrected chi connectivity index (χ3v) is 2.08. The molecule has 0 heterocycles. The summed E-state index contributed by atoms with van der Waals surface area (Å²) in [6, 6.07) is 3.23. The fraction of sp³-hybridized carbons (Fsp3) is 0.308. The molecule has 0 unspecified atom stereocenters. The van der Waals surface area contributed by atoms with Crippen LogP contribution in [0.15, 0.2) is 12.1 Å². The Kier molecular flexibility index (Phi) is 3.96. The lowest BCUT2D eigenvalue weighted by Gasteiger charge is -2.03. The average Bonchev–Trinajstić information content (AvgIpc) is 2.16. The monoisotopic (exact) mass is 218 g/mol. The molecule has 0 bridgehead atoms. The molecule has 0 aliphatic rings. The van der Waals surface area contributed by atoms with Crippen LogP contribution in [-0.4, -0.2) is 17.7 Å². The van der Waals surface area contributed by atoms with E-state index in [0.717, 1.165) is 16.7 Å². The van der Waals surface area contributed by atoms with Gasteiger partial charge in [-0.05, 0) is 44.0 Å². The molecule has 0 amide bonds. The first kappa shape index (κ1) is 12.1. The first-order valence-electron chi connectivity index (χ1n) is 5.03. The highest BCUT2D eigenvalue weighted by molar-refractivity contribution is 5.89. The van der Waals surface area contributed by atoms with Gasteiger partial charge >= 0.3 is 5.97 Å².